The molecule has 0 saturated heterocycles. The fourth-order valence-electron chi connectivity index (χ4n) is 0.973. The standard InChI is InChI=1S/C12H9F3O/c1-2-11(16)8-5-9-3-6-10(7-4-9)12(13,14)15/h3-4,6-7H,2H2,1H3. The number of hydrogen-bond donors (Lipinski definition) is 0. The second-order valence-corrected chi connectivity index (χ2v) is 3.10. The third-order valence-electron chi connectivity index (χ3n) is 1.88. The molecule has 0 amide bonds. The Morgan fingerprint density at radius 2 is 1.81 bits per heavy atom. The van der Waals surface area contributed by atoms with Gasteiger partial charge in [0.25, 0.3) is 0 Å². The predicted octanol–water partition coefficient (Wildman–Crippen LogP) is 3.04. The molecule has 4 heteroatoms. The van der Waals surface area contributed by atoms with Gasteiger partial charge in [-0.3, -0.25) is 4.79 Å². The molecular formula is C12H9F3O. The number of halogens is 3. The topological polar surface area (TPSA) is 17.1 Å². The molecule has 1 aromatic carbocycles. The first-order valence-corrected chi connectivity index (χ1v) is 4.65. The van der Waals surface area contributed by atoms with E-state index in [1.807, 2.05) is 0 Å². The van der Waals surface area contributed by atoms with Gasteiger partial charge in [-0.1, -0.05) is 12.8 Å². The molecule has 1 nitrogen and oxygen atoms in total. The summed E-state index contributed by atoms with van der Waals surface area (Å²) in [7, 11) is 0. The van der Waals surface area contributed by atoms with Crippen molar-refractivity contribution >= 4 is 5.78 Å². The van der Waals surface area contributed by atoms with Crippen molar-refractivity contribution in [2.75, 3.05) is 0 Å². The minimum absolute atomic E-state index is 0.236. The highest BCUT2D eigenvalue weighted by Gasteiger charge is 2.29. The van der Waals surface area contributed by atoms with Crippen LogP contribution in [0.15, 0.2) is 24.3 Å². The lowest BCUT2D eigenvalue weighted by Gasteiger charge is -2.05. The molecular weight excluding hydrogens is 217 g/mol. The van der Waals surface area contributed by atoms with E-state index >= 15 is 0 Å². The average Bonchev–Trinajstić information content (AvgIpc) is 2.25. The van der Waals surface area contributed by atoms with Gasteiger partial charge in [-0.25, -0.2) is 0 Å². The monoisotopic (exact) mass is 226 g/mol. The molecule has 84 valence electrons. The first-order chi connectivity index (χ1) is 7.43. The molecule has 0 radical (unpaired) electrons. The first kappa shape index (κ1) is 12.3. The van der Waals surface area contributed by atoms with Gasteiger partial charge < -0.3 is 0 Å². The molecule has 0 spiro atoms. The Bertz CT molecular complexity index is 432. The van der Waals surface area contributed by atoms with Crippen LogP contribution in [0.2, 0.25) is 0 Å². The Labute approximate surface area is 91.3 Å². The molecule has 0 aliphatic heterocycles. The van der Waals surface area contributed by atoms with E-state index in [4.69, 9.17) is 0 Å². The molecule has 0 atom stereocenters. The first-order valence-electron chi connectivity index (χ1n) is 4.65. The van der Waals surface area contributed by atoms with Crippen LogP contribution in [0.4, 0.5) is 13.2 Å². The Hall–Kier alpha value is -1.76. The fraction of sp³-hybridized carbons (Fsp3) is 0.250. The Kier molecular flexibility index (Phi) is 3.73. The summed E-state index contributed by atoms with van der Waals surface area (Å²) in [6.45, 7) is 1.67. The van der Waals surface area contributed by atoms with Crippen LogP contribution in [-0.2, 0) is 11.0 Å². The van der Waals surface area contributed by atoms with E-state index in [0.29, 0.717) is 12.0 Å². The van der Waals surface area contributed by atoms with E-state index < -0.39 is 11.7 Å². The number of rotatable bonds is 1. The lowest BCUT2D eigenvalue weighted by atomic mass is 10.1. The predicted molar refractivity (Wildman–Crippen MR) is 53.6 cm³/mol. The number of hydrogen-bond acceptors (Lipinski definition) is 1. The number of carbonyl (C=O) groups excluding carboxylic acids is 1. The van der Waals surface area contributed by atoms with Crippen LogP contribution in [0, 0.1) is 11.8 Å². The lowest BCUT2D eigenvalue weighted by Crippen LogP contribution is -2.04. The molecule has 1 rings (SSSR count). The zero-order valence-electron chi connectivity index (χ0n) is 8.56. The molecule has 0 N–H and O–H groups in total. The summed E-state index contributed by atoms with van der Waals surface area (Å²) in [6, 6.07) is 4.39. The molecule has 0 bridgehead atoms. The summed E-state index contributed by atoms with van der Waals surface area (Å²) >= 11 is 0. The zero-order valence-corrected chi connectivity index (χ0v) is 8.56. The molecule has 16 heavy (non-hydrogen) atoms. The number of benzene rings is 1. The quantitative estimate of drug-likeness (QED) is 0.672. The summed E-state index contributed by atoms with van der Waals surface area (Å²) < 4.78 is 36.6. The van der Waals surface area contributed by atoms with Crippen molar-refractivity contribution in [3.8, 4) is 11.8 Å². The van der Waals surface area contributed by atoms with E-state index in [1.165, 1.54) is 12.1 Å². The largest absolute Gasteiger partial charge is 0.416 e. The van der Waals surface area contributed by atoms with Crippen LogP contribution in [0.1, 0.15) is 24.5 Å². The van der Waals surface area contributed by atoms with Crippen molar-refractivity contribution < 1.29 is 18.0 Å². The number of ketones is 1. The summed E-state index contributed by atoms with van der Waals surface area (Å²) in [4.78, 5) is 10.9. The maximum Gasteiger partial charge on any atom is 0.416 e. The molecule has 0 saturated carbocycles. The minimum Gasteiger partial charge on any atom is -0.285 e. The van der Waals surface area contributed by atoms with Crippen LogP contribution in [0.3, 0.4) is 0 Å². The van der Waals surface area contributed by atoms with Crippen molar-refractivity contribution in [1.29, 1.82) is 0 Å². The fourth-order valence-corrected chi connectivity index (χ4v) is 0.973. The van der Waals surface area contributed by atoms with Gasteiger partial charge in [-0.05, 0) is 30.2 Å². The molecule has 1 aromatic rings. The number of carbonyl (C=O) groups is 1. The summed E-state index contributed by atoms with van der Waals surface area (Å²) in [5, 5.41) is 0. The third-order valence-corrected chi connectivity index (χ3v) is 1.88. The number of Topliss-reactive ketones (excluding diaryl/α,β-unsaturated/α-hetero) is 1. The van der Waals surface area contributed by atoms with E-state index in [1.54, 1.807) is 6.92 Å². The second kappa shape index (κ2) is 4.84. The zero-order chi connectivity index (χ0) is 12.2. The van der Waals surface area contributed by atoms with Crippen molar-refractivity contribution in [3.63, 3.8) is 0 Å². The van der Waals surface area contributed by atoms with Crippen LogP contribution in [0.25, 0.3) is 0 Å². The Balaban J connectivity index is 2.87. The van der Waals surface area contributed by atoms with Crippen LogP contribution < -0.4 is 0 Å². The van der Waals surface area contributed by atoms with Gasteiger partial charge in [0.1, 0.15) is 0 Å². The lowest BCUT2D eigenvalue weighted by molar-refractivity contribution is -0.137. The molecule has 0 aliphatic rings. The Morgan fingerprint density at radius 1 is 1.25 bits per heavy atom. The van der Waals surface area contributed by atoms with Crippen molar-refractivity contribution in [2.45, 2.75) is 19.5 Å². The second-order valence-electron chi connectivity index (χ2n) is 3.10. The highest BCUT2D eigenvalue weighted by molar-refractivity contribution is 5.95. The SMILES string of the molecule is CCC(=O)C#Cc1ccc(C(F)(F)F)cc1. The minimum atomic E-state index is -4.34. The smallest absolute Gasteiger partial charge is 0.285 e. The highest BCUT2D eigenvalue weighted by atomic mass is 19.4. The van der Waals surface area contributed by atoms with Crippen LogP contribution >= 0.6 is 0 Å². The summed E-state index contributed by atoms with van der Waals surface area (Å²) in [5.74, 6) is 4.61. The maximum absolute atomic E-state index is 12.2. The highest BCUT2D eigenvalue weighted by Crippen LogP contribution is 2.28. The molecule has 0 fully saturated rings. The van der Waals surface area contributed by atoms with E-state index in [0.717, 1.165) is 12.1 Å². The Morgan fingerprint density at radius 3 is 2.25 bits per heavy atom. The molecule has 0 aromatic heterocycles. The van der Waals surface area contributed by atoms with Gasteiger partial charge in [-0.2, -0.15) is 13.2 Å². The third kappa shape index (κ3) is 3.43. The van der Waals surface area contributed by atoms with E-state index in [2.05, 4.69) is 11.8 Å². The van der Waals surface area contributed by atoms with Crippen LogP contribution in [0.5, 0.6) is 0 Å². The van der Waals surface area contributed by atoms with Gasteiger partial charge in [0.05, 0.1) is 5.56 Å². The van der Waals surface area contributed by atoms with Gasteiger partial charge >= 0.3 is 6.18 Å². The van der Waals surface area contributed by atoms with E-state index in [-0.39, 0.29) is 5.78 Å². The molecule has 0 unspecified atom stereocenters. The number of alkyl halides is 3. The molecule has 0 aliphatic carbocycles. The van der Waals surface area contributed by atoms with Crippen molar-refractivity contribution in [3.05, 3.63) is 35.4 Å². The van der Waals surface area contributed by atoms with Gasteiger partial charge in [0.2, 0.25) is 5.78 Å². The molecule has 0 heterocycles. The van der Waals surface area contributed by atoms with Gasteiger partial charge in [-0.15, -0.1) is 0 Å². The summed E-state index contributed by atoms with van der Waals surface area (Å²) in [5.41, 5.74) is -0.324. The normalized spacial score (nSPS) is 10.5. The van der Waals surface area contributed by atoms with Crippen molar-refractivity contribution in [1.82, 2.24) is 0 Å². The average molecular weight is 226 g/mol. The van der Waals surface area contributed by atoms with Gasteiger partial charge in [0, 0.05) is 12.0 Å². The van der Waals surface area contributed by atoms with Crippen LogP contribution in [-0.4, -0.2) is 5.78 Å². The summed E-state index contributed by atoms with van der Waals surface area (Å²) in [6.07, 6.45) is -4.04. The van der Waals surface area contributed by atoms with Gasteiger partial charge in [0.15, 0.2) is 0 Å². The van der Waals surface area contributed by atoms with Crippen molar-refractivity contribution in [2.24, 2.45) is 0 Å². The maximum atomic E-state index is 12.2. The van der Waals surface area contributed by atoms with E-state index in [9.17, 15) is 18.0 Å².